The van der Waals surface area contributed by atoms with E-state index in [0.29, 0.717) is 25.1 Å². The smallest absolute Gasteiger partial charge is 0.317 e. The lowest BCUT2D eigenvalue weighted by Crippen LogP contribution is -2.52. The first kappa shape index (κ1) is 18.6. The van der Waals surface area contributed by atoms with Crippen LogP contribution in [0, 0.1) is 5.92 Å². The number of carbonyl (C=O) groups excluding carboxylic acids is 1. The third kappa shape index (κ3) is 3.78. The standard InChI is InChI=1S/C21H32N4O2/c1-3-22-21(26)25-14-17-15-27-23(2)19(17)13-20(25)16-7-9-18(10-8-16)24-11-5-4-6-12-24/h7-10,17,19-20H,3-6,11-15H2,1-2H3,(H,22,26)/t17-,19-,20-/m0/s1. The Bertz CT molecular complexity index is 644. The van der Waals surface area contributed by atoms with Gasteiger partial charge in [0.1, 0.15) is 0 Å². The quantitative estimate of drug-likeness (QED) is 0.886. The molecular formula is C21H32N4O2. The number of hydroxylamine groups is 2. The van der Waals surface area contributed by atoms with Gasteiger partial charge in [0.25, 0.3) is 0 Å². The van der Waals surface area contributed by atoms with Crippen molar-refractivity contribution in [2.75, 3.05) is 44.7 Å². The zero-order chi connectivity index (χ0) is 18.8. The van der Waals surface area contributed by atoms with Gasteiger partial charge in [-0.2, -0.15) is 5.06 Å². The number of nitrogens with one attached hydrogen (secondary N) is 1. The molecule has 3 aliphatic rings. The van der Waals surface area contributed by atoms with Gasteiger partial charge in [0, 0.05) is 50.9 Å². The Morgan fingerprint density at radius 2 is 1.93 bits per heavy atom. The number of likely N-dealkylation sites (tertiary alicyclic amines) is 1. The van der Waals surface area contributed by atoms with Crippen molar-refractivity contribution in [3.05, 3.63) is 29.8 Å². The Kier molecular flexibility index (Phi) is 5.55. The van der Waals surface area contributed by atoms with E-state index >= 15 is 0 Å². The fourth-order valence-corrected chi connectivity index (χ4v) is 4.82. The van der Waals surface area contributed by atoms with Crippen molar-refractivity contribution in [2.24, 2.45) is 5.92 Å². The summed E-state index contributed by atoms with van der Waals surface area (Å²) in [5.74, 6) is 0.390. The summed E-state index contributed by atoms with van der Waals surface area (Å²) >= 11 is 0. The number of amides is 2. The lowest BCUT2D eigenvalue weighted by atomic mass is 9.85. The van der Waals surface area contributed by atoms with Crippen molar-refractivity contribution in [3.8, 4) is 0 Å². The van der Waals surface area contributed by atoms with Crippen molar-refractivity contribution in [3.63, 3.8) is 0 Å². The number of nitrogens with zero attached hydrogens (tertiary/aromatic N) is 3. The lowest BCUT2D eigenvalue weighted by Gasteiger charge is -2.42. The summed E-state index contributed by atoms with van der Waals surface area (Å²) in [5.41, 5.74) is 2.53. The number of benzene rings is 1. The van der Waals surface area contributed by atoms with Crippen molar-refractivity contribution in [2.45, 2.75) is 44.7 Å². The van der Waals surface area contributed by atoms with Gasteiger partial charge in [0.2, 0.25) is 0 Å². The molecule has 0 radical (unpaired) electrons. The fourth-order valence-electron chi connectivity index (χ4n) is 4.82. The molecule has 1 N–H and O–H groups in total. The van der Waals surface area contributed by atoms with Gasteiger partial charge in [-0.3, -0.25) is 4.84 Å². The number of hydrogen-bond acceptors (Lipinski definition) is 4. The van der Waals surface area contributed by atoms with E-state index in [1.54, 1.807) is 0 Å². The minimum atomic E-state index is 0.0376. The SMILES string of the molecule is CCNC(=O)N1C[C@H]2CON(C)[C@H]2C[C@H]1c1ccc(N2CCCCC2)cc1. The van der Waals surface area contributed by atoms with Crippen LogP contribution in [0.4, 0.5) is 10.5 Å². The molecule has 3 heterocycles. The molecule has 1 aromatic rings. The van der Waals surface area contributed by atoms with Crippen LogP contribution in [0.2, 0.25) is 0 Å². The number of anilines is 1. The van der Waals surface area contributed by atoms with Gasteiger partial charge >= 0.3 is 6.03 Å². The molecule has 0 spiro atoms. The minimum absolute atomic E-state index is 0.0376. The van der Waals surface area contributed by atoms with Crippen LogP contribution in [-0.4, -0.2) is 61.9 Å². The molecule has 0 unspecified atom stereocenters. The highest BCUT2D eigenvalue weighted by molar-refractivity contribution is 5.75. The predicted molar refractivity (Wildman–Crippen MR) is 107 cm³/mol. The van der Waals surface area contributed by atoms with E-state index in [1.807, 2.05) is 23.9 Å². The maximum absolute atomic E-state index is 12.7. The van der Waals surface area contributed by atoms with Crippen LogP contribution in [0.5, 0.6) is 0 Å². The van der Waals surface area contributed by atoms with Crippen LogP contribution in [0.3, 0.4) is 0 Å². The van der Waals surface area contributed by atoms with E-state index in [2.05, 4.69) is 34.5 Å². The minimum Gasteiger partial charge on any atom is -0.372 e. The average molecular weight is 373 g/mol. The zero-order valence-electron chi connectivity index (χ0n) is 16.6. The molecule has 3 fully saturated rings. The summed E-state index contributed by atoms with van der Waals surface area (Å²) in [6.07, 6.45) is 4.83. The highest BCUT2D eigenvalue weighted by atomic mass is 16.7. The first-order valence-corrected chi connectivity index (χ1v) is 10.4. The largest absolute Gasteiger partial charge is 0.372 e. The van der Waals surface area contributed by atoms with E-state index in [1.165, 1.54) is 30.5 Å². The Balaban J connectivity index is 1.55. The Labute approximate surface area is 162 Å². The predicted octanol–water partition coefficient (Wildman–Crippen LogP) is 3.02. The van der Waals surface area contributed by atoms with E-state index < -0.39 is 0 Å². The number of carbonyl (C=O) groups is 1. The van der Waals surface area contributed by atoms with Gasteiger partial charge in [-0.25, -0.2) is 4.79 Å². The molecule has 2 amide bonds. The summed E-state index contributed by atoms with van der Waals surface area (Å²) in [6.45, 7) is 6.39. The lowest BCUT2D eigenvalue weighted by molar-refractivity contribution is -0.113. The van der Waals surface area contributed by atoms with Crippen LogP contribution in [0.25, 0.3) is 0 Å². The van der Waals surface area contributed by atoms with Crippen LogP contribution >= 0.6 is 0 Å². The molecular weight excluding hydrogens is 340 g/mol. The van der Waals surface area contributed by atoms with Gasteiger partial charge in [-0.15, -0.1) is 0 Å². The molecule has 0 bridgehead atoms. The second-order valence-corrected chi connectivity index (χ2v) is 8.05. The number of fused-ring (bicyclic) bond motifs is 1. The Morgan fingerprint density at radius 3 is 2.63 bits per heavy atom. The Morgan fingerprint density at radius 1 is 1.19 bits per heavy atom. The zero-order valence-corrected chi connectivity index (χ0v) is 16.6. The summed E-state index contributed by atoms with van der Waals surface area (Å²) < 4.78 is 0. The maximum atomic E-state index is 12.7. The molecule has 3 aliphatic heterocycles. The summed E-state index contributed by atoms with van der Waals surface area (Å²) in [7, 11) is 2.02. The molecule has 6 heteroatoms. The molecule has 4 rings (SSSR count). The van der Waals surface area contributed by atoms with Gasteiger partial charge in [0.05, 0.1) is 12.6 Å². The molecule has 3 saturated heterocycles. The van der Waals surface area contributed by atoms with E-state index in [9.17, 15) is 4.79 Å². The normalized spacial score (nSPS) is 28.9. The molecule has 0 saturated carbocycles. The third-order valence-corrected chi connectivity index (χ3v) is 6.36. The molecule has 6 nitrogen and oxygen atoms in total. The third-order valence-electron chi connectivity index (χ3n) is 6.36. The highest BCUT2D eigenvalue weighted by Crippen LogP contribution is 2.39. The highest BCUT2D eigenvalue weighted by Gasteiger charge is 2.44. The topological polar surface area (TPSA) is 48.1 Å². The first-order chi connectivity index (χ1) is 13.2. The van der Waals surface area contributed by atoms with Crippen LogP contribution in [0.15, 0.2) is 24.3 Å². The molecule has 148 valence electrons. The van der Waals surface area contributed by atoms with E-state index in [4.69, 9.17) is 4.84 Å². The average Bonchev–Trinajstić information content (AvgIpc) is 3.08. The number of hydrogen-bond donors (Lipinski definition) is 1. The first-order valence-electron chi connectivity index (χ1n) is 10.4. The number of piperidine rings is 2. The molecule has 0 aliphatic carbocycles. The Hall–Kier alpha value is -1.79. The van der Waals surface area contributed by atoms with Crippen molar-refractivity contribution in [1.29, 1.82) is 0 Å². The summed E-state index contributed by atoms with van der Waals surface area (Å²) in [4.78, 5) is 23.0. The van der Waals surface area contributed by atoms with Gasteiger partial charge < -0.3 is 15.1 Å². The summed E-state index contributed by atoms with van der Waals surface area (Å²) in [5, 5.41) is 4.99. The summed E-state index contributed by atoms with van der Waals surface area (Å²) in [6, 6.07) is 9.42. The van der Waals surface area contributed by atoms with E-state index in [-0.39, 0.29) is 12.1 Å². The van der Waals surface area contributed by atoms with Gasteiger partial charge in [-0.1, -0.05) is 12.1 Å². The molecule has 1 aromatic carbocycles. The molecule has 27 heavy (non-hydrogen) atoms. The van der Waals surface area contributed by atoms with Crippen molar-refractivity contribution in [1.82, 2.24) is 15.3 Å². The molecule has 0 aromatic heterocycles. The molecule has 3 atom stereocenters. The van der Waals surface area contributed by atoms with Crippen LogP contribution < -0.4 is 10.2 Å². The van der Waals surface area contributed by atoms with Crippen LogP contribution in [0.1, 0.15) is 44.2 Å². The maximum Gasteiger partial charge on any atom is 0.317 e. The number of rotatable bonds is 3. The second kappa shape index (κ2) is 8.07. The van der Waals surface area contributed by atoms with Gasteiger partial charge in [0.15, 0.2) is 0 Å². The fraction of sp³-hybridized carbons (Fsp3) is 0.667. The van der Waals surface area contributed by atoms with Gasteiger partial charge in [-0.05, 0) is 50.3 Å². The monoisotopic (exact) mass is 372 g/mol. The van der Waals surface area contributed by atoms with Crippen molar-refractivity contribution < 1.29 is 9.63 Å². The second-order valence-electron chi connectivity index (χ2n) is 8.05. The van der Waals surface area contributed by atoms with E-state index in [0.717, 1.165) is 26.1 Å². The number of urea groups is 1. The van der Waals surface area contributed by atoms with Crippen molar-refractivity contribution >= 4 is 11.7 Å². The van der Waals surface area contributed by atoms with Crippen LogP contribution in [-0.2, 0) is 4.84 Å².